The number of halogens is 2. The Bertz CT molecular complexity index is 889. The lowest BCUT2D eigenvalue weighted by atomic mass is 10.0. The van der Waals surface area contributed by atoms with Gasteiger partial charge >= 0.3 is 0 Å². The first-order valence-corrected chi connectivity index (χ1v) is 9.19. The monoisotopic (exact) mass is 394 g/mol. The Labute approximate surface area is 161 Å². The Morgan fingerprint density at radius 3 is 2.58 bits per heavy atom. The maximum atomic E-state index is 12.7. The van der Waals surface area contributed by atoms with Gasteiger partial charge in [0.2, 0.25) is 5.91 Å². The van der Waals surface area contributed by atoms with Crippen molar-refractivity contribution in [1.82, 2.24) is 15.1 Å². The Hall–Kier alpha value is -2.05. The zero-order chi connectivity index (χ0) is 18.8. The SMILES string of the molecule is CC(=O)NC1CCN(c2cnn(-c3ccc(C)c(Cl)c3)c(=O)c2Cl)CC1. The summed E-state index contributed by atoms with van der Waals surface area (Å²) in [4.78, 5) is 25.9. The van der Waals surface area contributed by atoms with Crippen LogP contribution in [0.4, 0.5) is 5.69 Å². The number of aryl methyl sites for hydroxylation is 1. The van der Waals surface area contributed by atoms with Crippen LogP contribution in [-0.2, 0) is 4.79 Å². The number of piperidine rings is 1. The van der Waals surface area contributed by atoms with Crippen LogP contribution in [0, 0.1) is 6.92 Å². The number of aromatic nitrogens is 2. The number of amides is 1. The van der Waals surface area contributed by atoms with Gasteiger partial charge < -0.3 is 10.2 Å². The number of hydrogen-bond acceptors (Lipinski definition) is 4. The van der Waals surface area contributed by atoms with Gasteiger partial charge in [-0.1, -0.05) is 29.3 Å². The molecule has 1 aliphatic heterocycles. The third-order valence-electron chi connectivity index (χ3n) is 4.54. The predicted molar refractivity (Wildman–Crippen MR) is 104 cm³/mol. The molecule has 1 N–H and O–H groups in total. The molecule has 1 aliphatic rings. The summed E-state index contributed by atoms with van der Waals surface area (Å²) in [5, 5.41) is 7.90. The maximum absolute atomic E-state index is 12.7. The van der Waals surface area contributed by atoms with Gasteiger partial charge in [0.15, 0.2) is 0 Å². The highest BCUT2D eigenvalue weighted by atomic mass is 35.5. The first kappa shape index (κ1) is 18.7. The molecule has 0 bridgehead atoms. The van der Waals surface area contributed by atoms with Crippen molar-refractivity contribution in [1.29, 1.82) is 0 Å². The minimum Gasteiger partial charge on any atom is -0.369 e. The molecule has 0 unspecified atom stereocenters. The van der Waals surface area contributed by atoms with E-state index in [0.717, 1.165) is 18.4 Å². The second-order valence-corrected chi connectivity index (χ2v) is 7.24. The highest BCUT2D eigenvalue weighted by molar-refractivity contribution is 6.33. The summed E-state index contributed by atoms with van der Waals surface area (Å²) >= 11 is 12.5. The van der Waals surface area contributed by atoms with E-state index in [1.807, 2.05) is 17.9 Å². The van der Waals surface area contributed by atoms with Crippen LogP contribution >= 0.6 is 23.2 Å². The van der Waals surface area contributed by atoms with Crippen molar-refractivity contribution in [2.45, 2.75) is 32.7 Å². The van der Waals surface area contributed by atoms with Crippen molar-refractivity contribution in [3.8, 4) is 5.69 Å². The van der Waals surface area contributed by atoms with Gasteiger partial charge in [-0.05, 0) is 37.5 Å². The quantitative estimate of drug-likeness (QED) is 0.868. The van der Waals surface area contributed by atoms with E-state index in [9.17, 15) is 9.59 Å². The van der Waals surface area contributed by atoms with Crippen molar-refractivity contribution < 1.29 is 4.79 Å². The molecule has 0 saturated carbocycles. The molecule has 1 aromatic carbocycles. The Balaban J connectivity index is 1.83. The molecule has 1 amide bonds. The molecule has 2 heterocycles. The van der Waals surface area contributed by atoms with Crippen LogP contribution in [0.15, 0.2) is 29.2 Å². The summed E-state index contributed by atoms with van der Waals surface area (Å²) in [6.07, 6.45) is 3.20. The van der Waals surface area contributed by atoms with Crippen molar-refractivity contribution in [2.75, 3.05) is 18.0 Å². The van der Waals surface area contributed by atoms with Crippen LogP contribution in [0.3, 0.4) is 0 Å². The van der Waals surface area contributed by atoms with Gasteiger partial charge in [0.05, 0.1) is 17.6 Å². The first-order chi connectivity index (χ1) is 12.4. The normalized spacial score (nSPS) is 15.2. The van der Waals surface area contributed by atoms with Gasteiger partial charge in [0.1, 0.15) is 5.02 Å². The van der Waals surface area contributed by atoms with Crippen LogP contribution in [0.5, 0.6) is 0 Å². The van der Waals surface area contributed by atoms with E-state index >= 15 is 0 Å². The molecule has 8 heteroatoms. The first-order valence-electron chi connectivity index (χ1n) is 8.43. The molecule has 26 heavy (non-hydrogen) atoms. The fourth-order valence-electron chi connectivity index (χ4n) is 3.09. The summed E-state index contributed by atoms with van der Waals surface area (Å²) in [5.41, 5.74) is 1.73. The molecule has 0 aliphatic carbocycles. The van der Waals surface area contributed by atoms with E-state index in [4.69, 9.17) is 23.2 Å². The molecule has 1 saturated heterocycles. The number of hydrogen-bond donors (Lipinski definition) is 1. The molecule has 0 radical (unpaired) electrons. The number of rotatable bonds is 3. The number of carbonyl (C=O) groups excluding carboxylic acids is 1. The van der Waals surface area contributed by atoms with Gasteiger partial charge in [-0.2, -0.15) is 9.78 Å². The molecule has 6 nitrogen and oxygen atoms in total. The van der Waals surface area contributed by atoms with E-state index in [0.29, 0.717) is 29.5 Å². The lowest BCUT2D eigenvalue weighted by Crippen LogP contribution is -2.44. The molecule has 1 fully saturated rings. The topological polar surface area (TPSA) is 67.2 Å². The zero-order valence-electron chi connectivity index (χ0n) is 14.6. The van der Waals surface area contributed by atoms with Crippen LogP contribution in [0.25, 0.3) is 5.69 Å². The van der Waals surface area contributed by atoms with E-state index in [2.05, 4.69) is 10.4 Å². The van der Waals surface area contributed by atoms with E-state index in [-0.39, 0.29) is 22.5 Å². The number of benzene rings is 1. The highest BCUT2D eigenvalue weighted by Gasteiger charge is 2.23. The largest absolute Gasteiger partial charge is 0.369 e. The van der Waals surface area contributed by atoms with E-state index in [1.165, 1.54) is 11.6 Å². The van der Waals surface area contributed by atoms with Gasteiger partial charge in [-0.3, -0.25) is 9.59 Å². The summed E-state index contributed by atoms with van der Waals surface area (Å²) in [5.74, 6) is -0.0255. The van der Waals surface area contributed by atoms with E-state index in [1.54, 1.807) is 18.3 Å². The number of anilines is 1. The second kappa shape index (κ2) is 7.68. The summed E-state index contributed by atoms with van der Waals surface area (Å²) in [7, 11) is 0. The van der Waals surface area contributed by atoms with E-state index < -0.39 is 0 Å². The predicted octanol–water partition coefficient (Wildman–Crippen LogP) is 2.95. The molecule has 138 valence electrons. The smallest absolute Gasteiger partial charge is 0.292 e. The molecule has 3 rings (SSSR count). The molecular formula is C18H20Cl2N4O2. The van der Waals surface area contributed by atoms with Crippen LogP contribution < -0.4 is 15.8 Å². The van der Waals surface area contributed by atoms with Crippen LogP contribution in [0.2, 0.25) is 10.0 Å². The molecule has 1 aromatic heterocycles. The van der Waals surface area contributed by atoms with Gasteiger partial charge in [-0.15, -0.1) is 0 Å². The minimum atomic E-state index is -0.381. The van der Waals surface area contributed by atoms with Gasteiger partial charge in [-0.25, -0.2) is 0 Å². The summed E-state index contributed by atoms with van der Waals surface area (Å²) < 4.78 is 1.25. The average molecular weight is 395 g/mol. The standard InChI is InChI=1S/C18H20Cl2N4O2/c1-11-3-4-14(9-15(11)19)24-18(26)17(20)16(10-21-24)23-7-5-13(6-8-23)22-12(2)25/h3-4,9-10,13H,5-8H2,1-2H3,(H,22,25). The van der Waals surface area contributed by atoms with Crippen molar-refractivity contribution in [3.05, 3.63) is 50.4 Å². The Kier molecular flexibility index (Phi) is 5.53. The van der Waals surface area contributed by atoms with Gasteiger partial charge in [0, 0.05) is 31.1 Å². The molecule has 0 spiro atoms. The Morgan fingerprint density at radius 2 is 1.96 bits per heavy atom. The number of nitrogens with one attached hydrogen (secondary N) is 1. The lowest BCUT2D eigenvalue weighted by Gasteiger charge is -2.33. The molecular weight excluding hydrogens is 375 g/mol. The number of nitrogens with zero attached hydrogens (tertiary/aromatic N) is 3. The maximum Gasteiger partial charge on any atom is 0.292 e. The van der Waals surface area contributed by atoms with Crippen molar-refractivity contribution >= 4 is 34.8 Å². The number of carbonyl (C=O) groups is 1. The third-order valence-corrected chi connectivity index (χ3v) is 5.31. The highest BCUT2D eigenvalue weighted by Crippen LogP contribution is 2.26. The van der Waals surface area contributed by atoms with Crippen LogP contribution in [-0.4, -0.2) is 34.8 Å². The summed E-state index contributed by atoms with van der Waals surface area (Å²) in [6, 6.07) is 5.47. The van der Waals surface area contributed by atoms with Gasteiger partial charge in [0.25, 0.3) is 5.56 Å². The zero-order valence-corrected chi connectivity index (χ0v) is 16.1. The Morgan fingerprint density at radius 1 is 1.27 bits per heavy atom. The fraction of sp³-hybridized carbons (Fsp3) is 0.389. The second-order valence-electron chi connectivity index (χ2n) is 6.46. The minimum absolute atomic E-state index is 0.0255. The fourth-order valence-corrected chi connectivity index (χ4v) is 3.52. The molecule has 2 aromatic rings. The molecule has 0 atom stereocenters. The van der Waals surface area contributed by atoms with Crippen molar-refractivity contribution in [2.24, 2.45) is 0 Å². The lowest BCUT2D eigenvalue weighted by molar-refractivity contribution is -0.119. The summed E-state index contributed by atoms with van der Waals surface area (Å²) in [6.45, 7) is 4.81. The third kappa shape index (κ3) is 3.86. The average Bonchev–Trinajstić information content (AvgIpc) is 2.60. The van der Waals surface area contributed by atoms with Crippen molar-refractivity contribution in [3.63, 3.8) is 0 Å². The van der Waals surface area contributed by atoms with Crippen LogP contribution in [0.1, 0.15) is 25.3 Å².